The van der Waals surface area contributed by atoms with Crippen LogP contribution >= 0.6 is 24.2 Å². The maximum absolute atomic E-state index is 11.9. The molecule has 0 atom stereocenters. The second-order valence-corrected chi connectivity index (χ2v) is 5.00. The topological polar surface area (TPSA) is 84.3 Å². The van der Waals surface area contributed by atoms with E-state index in [0.717, 1.165) is 13.0 Å². The first-order chi connectivity index (χ1) is 9.60. The molecule has 0 aliphatic heterocycles. The number of thioether (sulfide) groups is 1. The maximum atomic E-state index is 11.9. The summed E-state index contributed by atoms with van der Waals surface area (Å²) in [6.07, 6.45) is 2.80. The molecule has 8 heteroatoms. The molecule has 0 unspecified atom stereocenters. The summed E-state index contributed by atoms with van der Waals surface area (Å²) in [5.41, 5.74) is 0.277. The van der Waals surface area contributed by atoms with Crippen molar-refractivity contribution in [3.63, 3.8) is 0 Å². The number of benzene rings is 1. The van der Waals surface area contributed by atoms with Gasteiger partial charge in [-0.05, 0) is 31.4 Å². The Bertz CT molecular complexity index is 486. The first-order valence-electron chi connectivity index (χ1n) is 6.41. The van der Waals surface area contributed by atoms with Gasteiger partial charge in [-0.1, -0.05) is 6.92 Å². The van der Waals surface area contributed by atoms with Gasteiger partial charge in [-0.2, -0.15) is 0 Å². The molecule has 1 rings (SSSR count). The van der Waals surface area contributed by atoms with E-state index in [4.69, 9.17) is 0 Å². The van der Waals surface area contributed by atoms with E-state index >= 15 is 0 Å². The normalized spacial score (nSPS) is 9.81. The van der Waals surface area contributed by atoms with E-state index in [1.807, 2.05) is 0 Å². The average molecular weight is 334 g/mol. The summed E-state index contributed by atoms with van der Waals surface area (Å²) in [5, 5.41) is 16.8. The van der Waals surface area contributed by atoms with E-state index in [1.165, 1.54) is 17.8 Å². The number of rotatable bonds is 8. The maximum Gasteiger partial charge on any atom is 0.283 e. The number of nitrogens with one attached hydrogen (secondary N) is 2. The van der Waals surface area contributed by atoms with E-state index in [-0.39, 0.29) is 24.0 Å². The molecule has 21 heavy (non-hydrogen) atoms. The molecule has 0 saturated heterocycles. The Labute approximate surface area is 134 Å². The zero-order valence-electron chi connectivity index (χ0n) is 12.0. The van der Waals surface area contributed by atoms with Gasteiger partial charge in [0.25, 0.3) is 11.6 Å². The molecule has 0 spiro atoms. The molecular weight excluding hydrogens is 314 g/mol. The fraction of sp³-hybridized carbons (Fsp3) is 0.462. The van der Waals surface area contributed by atoms with E-state index in [0.29, 0.717) is 23.5 Å². The minimum Gasteiger partial charge on any atom is -0.351 e. The van der Waals surface area contributed by atoms with Gasteiger partial charge in [-0.15, -0.1) is 24.2 Å². The van der Waals surface area contributed by atoms with E-state index in [9.17, 15) is 14.9 Å². The fourth-order valence-corrected chi connectivity index (χ4v) is 2.19. The standard InChI is InChI=1S/C13H19N3O3S.ClH/c1-3-6-14-7-8-15-13(17)10-4-5-12(20-2)11(9-10)16(18)19;/h4-5,9,14H,3,6-8H2,1-2H3,(H,15,17);1H. The molecule has 6 nitrogen and oxygen atoms in total. The highest BCUT2D eigenvalue weighted by Crippen LogP contribution is 2.28. The molecule has 0 fully saturated rings. The third-order valence-corrected chi connectivity index (χ3v) is 3.44. The minimum atomic E-state index is -0.467. The largest absolute Gasteiger partial charge is 0.351 e. The molecule has 0 bridgehead atoms. The van der Waals surface area contributed by atoms with Crippen molar-refractivity contribution in [1.82, 2.24) is 10.6 Å². The van der Waals surface area contributed by atoms with Crippen LogP contribution < -0.4 is 10.6 Å². The first kappa shape index (κ1) is 19.7. The van der Waals surface area contributed by atoms with Crippen molar-refractivity contribution < 1.29 is 9.72 Å². The molecule has 1 aromatic carbocycles. The van der Waals surface area contributed by atoms with E-state index in [1.54, 1.807) is 18.4 Å². The van der Waals surface area contributed by atoms with Gasteiger partial charge in [0.05, 0.1) is 9.82 Å². The van der Waals surface area contributed by atoms with Gasteiger partial charge < -0.3 is 10.6 Å². The molecule has 2 N–H and O–H groups in total. The summed E-state index contributed by atoms with van der Waals surface area (Å²) in [7, 11) is 0. The van der Waals surface area contributed by atoms with Crippen LogP contribution in [-0.2, 0) is 0 Å². The summed E-state index contributed by atoms with van der Waals surface area (Å²) in [5.74, 6) is -0.293. The van der Waals surface area contributed by atoms with Crippen LogP contribution in [0.5, 0.6) is 0 Å². The third kappa shape index (κ3) is 6.33. The Morgan fingerprint density at radius 1 is 1.33 bits per heavy atom. The Morgan fingerprint density at radius 2 is 2.05 bits per heavy atom. The lowest BCUT2D eigenvalue weighted by Gasteiger charge is -2.07. The van der Waals surface area contributed by atoms with Crippen LogP contribution in [0.15, 0.2) is 23.1 Å². The van der Waals surface area contributed by atoms with Gasteiger partial charge in [0, 0.05) is 24.7 Å². The number of carbonyl (C=O) groups excluding carboxylic acids is 1. The number of hydrogen-bond acceptors (Lipinski definition) is 5. The molecule has 0 aliphatic carbocycles. The van der Waals surface area contributed by atoms with Crippen LogP contribution in [0, 0.1) is 10.1 Å². The molecule has 0 heterocycles. The van der Waals surface area contributed by atoms with Crippen LogP contribution in [0.2, 0.25) is 0 Å². The van der Waals surface area contributed by atoms with Gasteiger partial charge in [0.1, 0.15) is 0 Å². The van der Waals surface area contributed by atoms with Gasteiger partial charge in [0.2, 0.25) is 0 Å². The number of nitrogens with zero attached hydrogens (tertiary/aromatic N) is 1. The number of nitro benzene ring substituents is 1. The SMILES string of the molecule is CCCNCCNC(=O)c1ccc(SC)c([N+](=O)[O-])c1.Cl. The van der Waals surface area contributed by atoms with Gasteiger partial charge in [-0.3, -0.25) is 14.9 Å². The molecule has 0 aromatic heterocycles. The van der Waals surface area contributed by atoms with Crippen molar-refractivity contribution in [3.05, 3.63) is 33.9 Å². The van der Waals surface area contributed by atoms with Crippen LogP contribution in [0.25, 0.3) is 0 Å². The summed E-state index contributed by atoms with van der Waals surface area (Å²) >= 11 is 1.29. The third-order valence-electron chi connectivity index (χ3n) is 2.65. The number of amides is 1. The van der Waals surface area contributed by atoms with Gasteiger partial charge >= 0.3 is 0 Å². The van der Waals surface area contributed by atoms with Gasteiger partial charge in [-0.25, -0.2) is 0 Å². The zero-order valence-corrected chi connectivity index (χ0v) is 13.7. The highest BCUT2D eigenvalue weighted by molar-refractivity contribution is 7.98. The Morgan fingerprint density at radius 3 is 2.62 bits per heavy atom. The summed E-state index contributed by atoms with van der Waals surface area (Å²) in [6.45, 7) is 4.16. The van der Waals surface area contributed by atoms with Crippen molar-refractivity contribution in [2.45, 2.75) is 18.2 Å². The number of halogens is 1. The predicted octanol–water partition coefficient (Wildman–Crippen LogP) is 2.47. The second-order valence-electron chi connectivity index (χ2n) is 4.15. The monoisotopic (exact) mass is 333 g/mol. The molecule has 0 aliphatic rings. The zero-order chi connectivity index (χ0) is 15.0. The summed E-state index contributed by atoms with van der Waals surface area (Å²) in [4.78, 5) is 22.9. The predicted molar refractivity (Wildman–Crippen MR) is 87.6 cm³/mol. The van der Waals surface area contributed by atoms with E-state index < -0.39 is 4.92 Å². The average Bonchev–Trinajstić information content (AvgIpc) is 2.46. The molecule has 118 valence electrons. The summed E-state index contributed by atoms with van der Waals surface area (Å²) < 4.78 is 0. The van der Waals surface area contributed by atoms with Crippen LogP contribution in [0.1, 0.15) is 23.7 Å². The van der Waals surface area contributed by atoms with Crippen molar-refractivity contribution >= 4 is 35.8 Å². The van der Waals surface area contributed by atoms with Gasteiger partial charge in [0.15, 0.2) is 0 Å². The molecule has 1 aromatic rings. The van der Waals surface area contributed by atoms with Crippen molar-refractivity contribution in [2.75, 3.05) is 25.9 Å². The minimum absolute atomic E-state index is 0. The Balaban J connectivity index is 0.00000400. The van der Waals surface area contributed by atoms with Crippen LogP contribution in [0.4, 0.5) is 5.69 Å². The smallest absolute Gasteiger partial charge is 0.283 e. The Kier molecular flexibility index (Phi) is 9.77. The van der Waals surface area contributed by atoms with Crippen molar-refractivity contribution in [3.8, 4) is 0 Å². The van der Waals surface area contributed by atoms with E-state index in [2.05, 4.69) is 17.6 Å². The second kappa shape index (κ2) is 10.4. The fourth-order valence-electron chi connectivity index (χ4n) is 1.64. The molecule has 0 radical (unpaired) electrons. The molecule has 0 saturated carbocycles. The Hall–Kier alpha value is -1.31. The highest BCUT2D eigenvalue weighted by Gasteiger charge is 2.16. The lowest BCUT2D eigenvalue weighted by molar-refractivity contribution is -0.387. The highest BCUT2D eigenvalue weighted by atomic mass is 35.5. The lowest BCUT2D eigenvalue weighted by atomic mass is 10.2. The number of nitro groups is 1. The van der Waals surface area contributed by atoms with Crippen molar-refractivity contribution in [2.24, 2.45) is 0 Å². The van der Waals surface area contributed by atoms with Crippen LogP contribution in [-0.4, -0.2) is 36.7 Å². The van der Waals surface area contributed by atoms with Crippen molar-refractivity contribution in [1.29, 1.82) is 0 Å². The number of carbonyl (C=O) groups is 1. The first-order valence-corrected chi connectivity index (χ1v) is 7.64. The quantitative estimate of drug-likeness (QED) is 0.330. The number of hydrogen-bond donors (Lipinski definition) is 2. The summed E-state index contributed by atoms with van der Waals surface area (Å²) in [6, 6.07) is 4.53. The lowest BCUT2D eigenvalue weighted by Crippen LogP contribution is -2.32. The van der Waals surface area contributed by atoms with Crippen LogP contribution in [0.3, 0.4) is 0 Å². The molecule has 1 amide bonds. The molecular formula is C13H20ClN3O3S.